The van der Waals surface area contributed by atoms with Crippen LogP contribution in [0, 0.1) is 0 Å². The SMILES string of the molecule is CC(C)c1ccc(-c2c(Br)c(CN)nn2C)cc1. The molecule has 2 aromatic rings. The lowest BCUT2D eigenvalue weighted by atomic mass is 10.0. The van der Waals surface area contributed by atoms with Crippen LogP contribution in [0.25, 0.3) is 11.3 Å². The van der Waals surface area contributed by atoms with Crippen LogP contribution >= 0.6 is 15.9 Å². The lowest BCUT2D eigenvalue weighted by Crippen LogP contribution is -1.99. The van der Waals surface area contributed by atoms with E-state index in [9.17, 15) is 0 Å². The number of aryl methyl sites for hydroxylation is 1. The van der Waals surface area contributed by atoms with Crippen LogP contribution in [-0.2, 0) is 13.6 Å². The zero-order chi connectivity index (χ0) is 13.3. The summed E-state index contributed by atoms with van der Waals surface area (Å²) in [6.45, 7) is 4.83. The van der Waals surface area contributed by atoms with Crippen LogP contribution in [0.4, 0.5) is 0 Å². The average molecular weight is 308 g/mol. The van der Waals surface area contributed by atoms with E-state index in [0.717, 1.165) is 21.4 Å². The zero-order valence-corrected chi connectivity index (χ0v) is 12.5. The summed E-state index contributed by atoms with van der Waals surface area (Å²) in [4.78, 5) is 0. The lowest BCUT2D eigenvalue weighted by molar-refractivity contribution is 0.749. The normalized spacial score (nSPS) is 11.2. The maximum atomic E-state index is 5.67. The summed E-state index contributed by atoms with van der Waals surface area (Å²) in [5, 5.41) is 4.41. The Morgan fingerprint density at radius 3 is 2.33 bits per heavy atom. The van der Waals surface area contributed by atoms with Crippen LogP contribution in [-0.4, -0.2) is 9.78 Å². The summed E-state index contributed by atoms with van der Waals surface area (Å²) in [6.07, 6.45) is 0. The van der Waals surface area contributed by atoms with E-state index in [2.05, 4.69) is 59.1 Å². The summed E-state index contributed by atoms with van der Waals surface area (Å²) in [6, 6.07) is 8.61. The minimum atomic E-state index is 0.443. The van der Waals surface area contributed by atoms with E-state index >= 15 is 0 Å². The molecule has 0 spiro atoms. The highest BCUT2D eigenvalue weighted by atomic mass is 79.9. The van der Waals surface area contributed by atoms with Crippen LogP contribution in [0.2, 0.25) is 0 Å². The number of benzene rings is 1. The van der Waals surface area contributed by atoms with Gasteiger partial charge in [-0.05, 0) is 27.4 Å². The van der Waals surface area contributed by atoms with Gasteiger partial charge in [-0.25, -0.2) is 0 Å². The number of aromatic nitrogens is 2. The molecule has 1 heterocycles. The van der Waals surface area contributed by atoms with Gasteiger partial charge in [-0.3, -0.25) is 4.68 Å². The summed E-state index contributed by atoms with van der Waals surface area (Å²) >= 11 is 3.58. The Morgan fingerprint density at radius 1 is 1.28 bits per heavy atom. The molecule has 18 heavy (non-hydrogen) atoms. The monoisotopic (exact) mass is 307 g/mol. The van der Waals surface area contributed by atoms with Crippen LogP contribution in [0.1, 0.15) is 31.0 Å². The van der Waals surface area contributed by atoms with Crippen LogP contribution in [0.5, 0.6) is 0 Å². The van der Waals surface area contributed by atoms with Crippen LogP contribution < -0.4 is 5.73 Å². The summed E-state index contributed by atoms with van der Waals surface area (Å²) in [5.74, 6) is 0.550. The molecule has 0 aliphatic carbocycles. The fourth-order valence-electron chi connectivity index (χ4n) is 2.02. The maximum Gasteiger partial charge on any atom is 0.0908 e. The van der Waals surface area contributed by atoms with Gasteiger partial charge in [0.1, 0.15) is 0 Å². The quantitative estimate of drug-likeness (QED) is 0.944. The third-order valence-electron chi connectivity index (χ3n) is 3.10. The average Bonchev–Trinajstić information content (AvgIpc) is 2.64. The lowest BCUT2D eigenvalue weighted by Gasteiger charge is -2.07. The van der Waals surface area contributed by atoms with Gasteiger partial charge in [0.25, 0.3) is 0 Å². The van der Waals surface area contributed by atoms with Crippen molar-refractivity contribution in [2.24, 2.45) is 12.8 Å². The van der Waals surface area contributed by atoms with E-state index in [4.69, 9.17) is 5.73 Å². The van der Waals surface area contributed by atoms with Crippen molar-refractivity contribution in [2.45, 2.75) is 26.3 Å². The number of nitrogens with two attached hydrogens (primary N) is 1. The van der Waals surface area contributed by atoms with Gasteiger partial charge in [0.05, 0.1) is 15.9 Å². The second kappa shape index (κ2) is 5.24. The number of nitrogens with zero attached hydrogens (tertiary/aromatic N) is 2. The first-order chi connectivity index (χ1) is 8.54. The van der Waals surface area contributed by atoms with E-state index in [-0.39, 0.29) is 0 Å². The molecule has 96 valence electrons. The molecule has 0 unspecified atom stereocenters. The van der Waals surface area contributed by atoms with E-state index in [1.807, 2.05) is 11.7 Å². The second-order valence-corrected chi connectivity index (χ2v) is 5.51. The molecule has 0 amide bonds. The Bertz CT molecular complexity index is 541. The van der Waals surface area contributed by atoms with Crippen molar-refractivity contribution in [3.05, 3.63) is 40.0 Å². The molecular formula is C14H18BrN3. The van der Waals surface area contributed by atoms with Gasteiger partial charge in [0.15, 0.2) is 0 Å². The van der Waals surface area contributed by atoms with Crippen molar-refractivity contribution in [1.29, 1.82) is 0 Å². The molecule has 0 saturated carbocycles. The molecule has 1 aromatic heterocycles. The van der Waals surface area contributed by atoms with Crippen molar-refractivity contribution < 1.29 is 0 Å². The second-order valence-electron chi connectivity index (χ2n) is 4.71. The van der Waals surface area contributed by atoms with Gasteiger partial charge in [0.2, 0.25) is 0 Å². The molecular weight excluding hydrogens is 290 g/mol. The smallest absolute Gasteiger partial charge is 0.0908 e. The molecule has 0 aliphatic heterocycles. The number of halogens is 1. The van der Waals surface area contributed by atoms with E-state index in [0.29, 0.717) is 12.5 Å². The fraction of sp³-hybridized carbons (Fsp3) is 0.357. The largest absolute Gasteiger partial charge is 0.325 e. The topological polar surface area (TPSA) is 43.8 Å². The van der Waals surface area contributed by atoms with Gasteiger partial charge in [0, 0.05) is 19.2 Å². The molecule has 1 aromatic carbocycles. The Kier molecular flexibility index (Phi) is 3.88. The van der Waals surface area contributed by atoms with Crippen LogP contribution in [0.15, 0.2) is 28.7 Å². The number of rotatable bonds is 3. The molecule has 0 bridgehead atoms. The molecule has 0 atom stereocenters. The zero-order valence-electron chi connectivity index (χ0n) is 10.9. The van der Waals surface area contributed by atoms with Gasteiger partial charge in [-0.1, -0.05) is 38.1 Å². The Morgan fingerprint density at radius 2 is 1.89 bits per heavy atom. The molecule has 4 heteroatoms. The van der Waals surface area contributed by atoms with Crippen molar-refractivity contribution >= 4 is 15.9 Å². The molecule has 2 rings (SSSR count). The first-order valence-corrected chi connectivity index (χ1v) is 6.85. The van der Waals surface area contributed by atoms with E-state index < -0.39 is 0 Å². The summed E-state index contributed by atoms with van der Waals surface area (Å²) in [7, 11) is 1.94. The fourth-order valence-corrected chi connectivity index (χ4v) is 2.75. The molecule has 0 aliphatic rings. The summed E-state index contributed by atoms with van der Waals surface area (Å²) < 4.78 is 2.86. The van der Waals surface area contributed by atoms with E-state index in [1.54, 1.807) is 0 Å². The predicted octanol–water partition coefficient (Wildman–Crippen LogP) is 3.43. The Balaban J connectivity index is 2.45. The molecule has 0 saturated heterocycles. The molecule has 3 nitrogen and oxygen atoms in total. The maximum absolute atomic E-state index is 5.67. The summed E-state index contributed by atoms with van der Waals surface area (Å²) in [5.41, 5.74) is 10.1. The van der Waals surface area contributed by atoms with Crippen molar-refractivity contribution in [3.8, 4) is 11.3 Å². The predicted molar refractivity (Wildman–Crippen MR) is 78.3 cm³/mol. The minimum Gasteiger partial charge on any atom is -0.325 e. The van der Waals surface area contributed by atoms with Crippen molar-refractivity contribution in [2.75, 3.05) is 0 Å². The highest BCUT2D eigenvalue weighted by Gasteiger charge is 2.14. The third-order valence-corrected chi connectivity index (χ3v) is 3.93. The number of hydrogen-bond donors (Lipinski definition) is 1. The van der Waals surface area contributed by atoms with Gasteiger partial charge in [-0.15, -0.1) is 0 Å². The van der Waals surface area contributed by atoms with Gasteiger partial charge in [-0.2, -0.15) is 5.10 Å². The Hall–Kier alpha value is -1.13. The Labute approximate surface area is 116 Å². The standard InChI is InChI=1S/C14H18BrN3/c1-9(2)10-4-6-11(7-5-10)14-13(15)12(8-16)17-18(14)3/h4-7,9H,8,16H2,1-3H3. The molecule has 0 fully saturated rings. The van der Waals surface area contributed by atoms with Gasteiger partial charge >= 0.3 is 0 Å². The highest BCUT2D eigenvalue weighted by Crippen LogP contribution is 2.31. The minimum absolute atomic E-state index is 0.443. The first-order valence-electron chi connectivity index (χ1n) is 6.06. The van der Waals surface area contributed by atoms with Crippen LogP contribution in [0.3, 0.4) is 0 Å². The van der Waals surface area contributed by atoms with Crippen molar-refractivity contribution in [3.63, 3.8) is 0 Å². The van der Waals surface area contributed by atoms with Gasteiger partial charge < -0.3 is 5.73 Å². The third kappa shape index (κ3) is 2.35. The van der Waals surface area contributed by atoms with E-state index in [1.165, 1.54) is 5.56 Å². The first kappa shape index (κ1) is 13.3. The number of hydrogen-bond acceptors (Lipinski definition) is 2. The highest BCUT2D eigenvalue weighted by molar-refractivity contribution is 9.10. The van der Waals surface area contributed by atoms with Crippen molar-refractivity contribution in [1.82, 2.24) is 9.78 Å². The molecule has 0 radical (unpaired) electrons. The molecule has 2 N–H and O–H groups in total.